The molecule has 0 unspecified atom stereocenters. The van der Waals surface area contributed by atoms with Gasteiger partial charge in [-0.05, 0) is 19.1 Å². The summed E-state index contributed by atoms with van der Waals surface area (Å²) in [5.41, 5.74) is 1.54. The minimum absolute atomic E-state index is 0.0887. The van der Waals surface area contributed by atoms with Crippen LogP contribution in [-0.2, 0) is 11.3 Å². The Bertz CT molecular complexity index is 1060. The van der Waals surface area contributed by atoms with Crippen molar-refractivity contribution in [1.82, 2.24) is 9.78 Å². The van der Waals surface area contributed by atoms with Gasteiger partial charge in [0, 0.05) is 17.7 Å². The third-order valence-electron chi connectivity index (χ3n) is 4.01. The Labute approximate surface area is 154 Å². The highest BCUT2D eigenvalue weighted by molar-refractivity contribution is 5.91. The van der Waals surface area contributed by atoms with E-state index in [0.29, 0.717) is 16.9 Å². The third-order valence-corrected chi connectivity index (χ3v) is 4.01. The first-order valence-electron chi connectivity index (χ1n) is 8.13. The topological polar surface area (TPSA) is 107 Å². The van der Waals surface area contributed by atoms with Crippen molar-refractivity contribution < 1.29 is 9.72 Å². The van der Waals surface area contributed by atoms with Gasteiger partial charge in [0.15, 0.2) is 0 Å². The highest BCUT2D eigenvalue weighted by Gasteiger charge is 2.15. The molecule has 2 aromatic carbocycles. The molecule has 0 fully saturated rings. The molecule has 0 aliphatic heterocycles. The molecule has 0 atom stereocenters. The molecule has 136 valence electrons. The van der Waals surface area contributed by atoms with E-state index >= 15 is 0 Å². The SMILES string of the molecule is Cc1c(NC(=O)Cn2nc(-c3ccccc3)ccc2=O)cccc1[N+](=O)[O-]. The molecule has 1 heterocycles. The Hall–Kier alpha value is -3.81. The van der Waals surface area contributed by atoms with E-state index in [-0.39, 0.29) is 12.2 Å². The van der Waals surface area contributed by atoms with Gasteiger partial charge in [0.05, 0.1) is 21.9 Å². The van der Waals surface area contributed by atoms with Crippen molar-refractivity contribution >= 4 is 17.3 Å². The van der Waals surface area contributed by atoms with Gasteiger partial charge in [0.2, 0.25) is 5.91 Å². The van der Waals surface area contributed by atoms with Crippen LogP contribution in [0.4, 0.5) is 11.4 Å². The van der Waals surface area contributed by atoms with Gasteiger partial charge in [-0.25, -0.2) is 4.68 Å². The molecule has 0 spiro atoms. The van der Waals surface area contributed by atoms with Gasteiger partial charge in [-0.15, -0.1) is 0 Å². The maximum absolute atomic E-state index is 12.3. The predicted octanol–water partition coefficient (Wildman–Crippen LogP) is 2.77. The number of nitro benzene ring substituents is 1. The van der Waals surface area contributed by atoms with Gasteiger partial charge in [0.25, 0.3) is 11.2 Å². The number of aromatic nitrogens is 2. The number of amides is 1. The molecule has 3 rings (SSSR count). The van der Waals surface area contributed by atoms with E-state index in [1.165, 1.54) is 18.2 Å². The summed E-state index contributed by atoms with van der Waals surface area (Å²) in [7, 11) is 0. The van der Waals surface area contributed by atoms with Crippen LogP contribution in [0.1, 0.15) is 5.56 Å². The summed E-state index contributed by atoms with van der Waals surface area (Å²) in [4.78, 5) is 34.9. The molecule has 8 heteroatoms. The highest BCUT2D eigenvalue weighted by Crippen LogP contribution is 2.25. The van der Waals surface area contributed by atoms with E-state index in [9.17, 15) is 19.7 Å². The average molecular weight is 364 g/mol. The van der Waals surface area contributed by atoms with E-state index in [2.05, 4.69) is 10.4 Å². The quantitative estimate of drug-likeness (QED) is 0.553. The Kier molecular flexibility index (Phi) is 5.07. The number of anilines is 1. The summed E-state index contributed by atoms with van der Waals surface area (Å²) in [5.74, 6) is -0.501. The second-order valence-electron chi connectivity index (χ2n) is 5.84. The van der Waals surface area contributed by atoms with Gasteiger partial charge < -0.3 is 5.32 Å². The van der Waals surface area contributed by atoms with Crippen LogP contribution in [0.15, 0.2) is 65.5 Å². The standard InChI is InChI=1S/C19H16N4O4/c1-13-15(8-5-9-17(13)23(26)27)20-18(24)12-22-19(25)11-10-16(21-22)14-6-3-2-4-7-14/h2-11H,12H2,1H3,(H,20,24). The molecule has 1 N–H and O–H groups in total. The van der Waals surface area contributed by atoms with Crippen LogP contribution in [0.2, 0.25) is 0 Å². The lowest BCUT2D eigenvalue weighted by atomic mass is 10.1. The zero-order valence-corrected chi connectivity index (χ0v) is 14.5. The maximum Gasteiger partial charge on any atom is 0.274 e. The summed E-state index contributed by atoms with van der Waals surface area (Å²) in [5, 5.41) is 17.8. The molecule has 1 aromatic heterocycles. The second-order valence-corrected chi connectivity index (χ2v) is 5.84. The monoisotopic (exact) mass is 364 g/mol. The fourth-order valence-electron chi connectivity index (χ4n) is 2.61. The predicted molar refractivity (Wildman–Crippen MR) is 100 cm³/mol. The normalized spacial score (nSPS) is 10.4. The van der Waals surface area contributed by atoms with Crippen molar-refractivity contribution in [2.45, 2.75) is 13.5 Å². The molecule has 0 bridgehead atoms. The largest absolute Gasteiger partial charge is 0.324 e. The fraction of sp³-hybridized carbons (Fsp3) is 0.105. The fourth-order valence-corrected chi connectivity index (χ4v) is 2.61. The molecular formula is C19H16N4O4. The molecule has 0 radical (unpaired) electrons. The van der Waals surface area contributed by atoms with E-state index in [4.69, 9.17) is 0 Å². The number of nitrogens with zero attached hydrogens (tertiary/aromatic N) is 3. The van der Waals surface area contributed by atoms with Crippen LogP contribution in [-0.4, -0.2) is 20.6 Å². The van der Waals surface area contributed by atoms with E-state index < -0.39 is 16.4 Å². The zero-order valence-electron chi connectivity index (χ0n) is 14.5. The lowest BCUT2D eigenvalue weighted by Gasteiger charge is -2.10. The highest BCUT2D eigenvalue weighted by atomic mass is 16.6. The lowest BCUT2D eigenvalue weighted by Crippen LogP contribution is -2.29. The van der Waals surface area contributed by atoms with E-state index in [0.717, 1.165) is 10.2 Å². The molecule has 27 heavy (non-hydrogen) atoms. The number of hydrogen-bond donors (Lipinski definition) is 1. The molecule has 0 saturated heterocycles. The minimum atomic E-state index is -0.514. The first kappa shape index (κ1) is 18.0. The van der Waals surface area contributed by atoms with Crippen LogP contribution >= 0.6 is 0 Å². The van der Waals surface area contributed by atoms with Gasteiger partial charge in [-0.1, -0.05) is 36.4 Å². The summed E-state index contributed by atoms with van der Waals surface area (Å²) in [6.45, 7) is 1.25. The molecule has 1 amide bonds. The van der Waals surface area contributed by atoms with Crippen molar-refractivity contribution in [2.75, 3.05) is 5.32 Å². The third kappa shape index (κ3) is 4.06. The number of nitrogens with one attached hydrogen (secondary N) is 1. The summed E-state index contributed by atoms with van der Waals surface area (Å²) >= 11 is 0. The molecule has 0 aliphatic rings. The van der Waals surface area contributed by atoms with Crippen molar-refractivity contribution in [1.29, 1.82) is 0 Å². The Morgan fingerprint density at radius 1 is 1.11 bits per heavy atom. The Balaban J connectivity index is 1.82. The molecule has 0 aliphatic carbocycles. The van der Waals surface area contributed by atoms with Crippen LogP contribution in [0.3, 0.4) is 0 Å². The average Bonchev–Trinajstić information content (AvgIpc) is 2.65. The van der Waals surface area contributed by atoms with Crippen molar-refractivity contribution in [3.8, 4) is 11.3 Å². The van der Waals surface area contributed by atoms with Gasteiger partial charge in [0.1, 0.15) is 6.54 Å². The number of hydrogen-bond acceptors (Lipinski definition) is 5. The number of carbonyl (C=O) groups excluding carboxylic acids is 1. The molecule has 3 aromatic rings. The van der Waals surface area contributed by atoms with Crippen molar-refractivity contribution in [2.24, 2.45) is 0 Å². The van der Waals surface area contributed by atoms with Gasteiger partial charge in [-0.2, -0.15) is 5.10 Å². The van der Waals surface area contributed by atoms with Crippen LogP contribution in [0, 0.1) is 17.0 Å². The van der Waals surface area contributed by atoms with E-state index in [1.807, 2.05) is 30.3 Å². The zero-order chi connectivity index (χ0) is 19.4. The Morgan fingerprint density at radius 2 is 1.85 bits per heavy atom. The number of benzene rings is 2. The first-order chi connectivity index (χ1) is 13.0. The van der Waals surface area contributed by atoms with Crippen LogP contribution in [0.5, 0.6) is 0 Å². The van der Waals surface area contributed by atoms with Crippen molar-refractivity contribution in [3.05, 3.63) is 86.7 Å². The van der Waals surface area contributed by atoms with Crippen LogP contribution in [0.25, 0.3) is 11.3 Å². The molecular weight excluding hydrogens is 348 g/mol. The summed E-state index contributed by atoms with van der Waals surface area (Å²) < 4.78 is 1.06. The number of carbonyl (C=O) groups is 1. The van der Waals surface area contributed by atoms with Gasteiger partial charge >= 0.3 is 0 Å². The molecule has 0 saturated carbocycles. The summed E-state index contributed by atoms with van der Waals surface area (Å²) in [6, 6.07) is 16.6. The van der Waals surface area contributed by atoms with E-state index in [1.54, 1.807) is 19.1 Å². The number of rotatable bonds is 5. The summed E-state index contributed by atoms with van der Waals surface area (Å²) in [6.07, 6.45) is 0. The van der Waals surface area contributed by atoms with Crippen molar-refractivity contribution in [3.63, 3.8) is 0 Å². The Morgan fingerprint density at radius 3 is 2.56 bits per heavy atom. The second kappa shape index (κ2) is 7.61. The van der Waals surface area contributed by atoms with Gasteiger partial charge in [-0.3, -0.25) is 19.7 Å². The minimum Gasteiger partial charge on any atom is -0.324 e. The first-order valence-corrected chi connectivity index (χ1v) is 8.13. The number of nitro groups is 1. The molecule has 8 nitrogen and oxygen atoms in total. The maximum atomic E-state index is 12.3. The van der Waals surface area contributed by atoms with Crippen LogP contribution < -0.4 is 10.9 Å². The lowest BCUT2D eigenvalue weighted by molar-refractivity contribution is -0.385. The smallest absolute Gasteiger partial charge is 0.274 e.